The third-order valence-electron chi connectivity index (χ3n) is 4.02. The highest BCUT2D eigenvalue weighted by Crippen LogP contribution is 2.34. The molecule has 0 amide bonds. The number of nitrogens with two attached hydrogens (primary N) is 1. The molecule has 0 saturated carbocycles. The van der Waals surface area contributed by atoms with E-state index in [1.54, 1.807) is 0 Å². The van der Waals surface area contributed by atoms with Gasteiger partial charge in [0.25, 0.3) is 0 Å². The molecular formula is C15H20ClNO2. The zero-order valence-corrected chi connectivity index (χ0v) is 12.0. The second-order valence-electron chi connectivity index (χ2n) is 5.58. The van der Waals surface area contributed by atoms with Crippen LogP contribution in [0, 0.1) is 0 Å². The van der Waals surface area contributed by atoms with Gasteiger partial charge < -0.3 is 15.2 Å². The lowest BCUT2D eigenvalue weighted by Gasteiger charge is -2.20. The van der Waals surface area contributed by atoms with Crippen molar-refractivity contribution in [2.45, 2.75) is 50.9 Å². The molecule has 3 rings (SSSR count). The van der Waals surface area contributed by atoms with Gasteiger partial charge in [-0.15, -0.1) is 0 Å². The summed E-state index contributed by atoms with van der Waals surface area (Å²) in [5, 5.41) is 0.771. The molecule has 4 heteroatoms. The largest absolute Gasteiger partial charge is 0.493 e. The maximum atomic E-state index is 6.29. The monoisotopic (exact) mass is 281 g/mol. The molecule has 3 nitrogen and oxygen atoms in total. The van der Waals surface area contributed by atoms with Crippen molar-refractivity contribution in [3.63, 3.8) is 0 Å². The van der Waals surface area contributed by atoms with E-state index in [0.717, 1.165) is 48.6 Å². The molecule has 0 spiro atoms. The van der Waals surface area contributed by atoms with E-state index in [-0.39, 0.29) is 12.1 Å². The van der Waals surface area contributed by atoms with Crippen LogP contribution >= 0.6 is 11.6 Å². The molecule has 2 N–H and O–H groups in total. The number of hydrogen-bond acceptors (Lipinski definition) is 3. The Morgan fingerprint density at radius 3 is 3.00 bits per heavy atom. The summed E-state index contributed by atoms with van der Waals surface area (Å²) in [6, 6.07) is 3.98. The zero-order chi connectivity index (χ0) is 13.4. The Bertz CT molecular complexity index is 477. The molecule has 2 aliphatic rings. The fourth-order valence-corrected chi connectivity index (χ4v) is 3.29. The van der Waals surface area contributed by atoms with E-state index in [1.807, 2.05) is 12.1 Å². The van der Waals surface area contributed by atoms with Crippen LogP contribution in [0.25, 0.3) is 0 Å². The quantitative estimate of drug-likeness (QED) is 0.926. The van der Waals surface area contributed by atoms with Crippen molar-refractivity contribution in [1.82, 2.24) is 0 Å². The Balaban J connectivity index is 1.76. The summed E-state index contributed by atoms with van der Waals surface area (Å²) in [5.74, 6) is 0.992. The first-order valence-corrected chi connectivity index (χ1v) is 7.36. The van der Waals surface area contributed by atoms with Gasteiger partial charge in [0.05, 0.1) is 18.8 Å². The molecule has 104 valence electrons. The first kappa shape index (κ1) is 13.2. The lowest BCUT2D eigenvalue weighted by Crippen LogP contribution is -2.36. The second kappa shape index (κ2) is 5.31. The Hall–Kier alpha value is -0.770. The Morgan fingerprint density at radius 1 is 1.42 bits per heavy atom. The smallest absolute Gasteiger partial charge is 0.125 e. The van der Waals surface area contributed by atoms with Crippen LogP contribution in [-0.4, -0.2) is 24.9 Å². The van der Waals surface area contributed by atoms with Crippen LogP contribution in [-0.2, 0) is 17.6 Å². The van der Waals surface area contributed by atoms with Crippen molar-refractivity contribution in [2.75, 3.05) is 6.61 Å². The summed E-state index contributed by atoms with van der Waals surface area (Å²) >= 11 is 6.17. The lowest BCUT2D eigenvalue weighted by molar-refractivity contribution is 0.0403. The van der Waals surface area contributed by atoms with E-state index in [0.29, 0.717) is 6.10 Å². The third-order valence-corrected chi connectivity index (χ3v) is 4.24. The summed E-state index contributed by atoms with van der Waals surface area (Å²) in [4.78, 5) is 0. The maximum absolute atomic E-state index is 6.29. The molecule has 1 saturated heterocycles. The predicted molar refractivity (Wildman–Crippen MR) is 75.9 cm³/mol. The van der Waals surface area contributed by atoms with Gasteiger partial charge in [-0.05, 0) is 49.4 Å². The molecule has 3 atom stereocenters. The molecule has 2 heterocycles. The van der Waals surface area contributed by atoms with E-state index >= 15 is 0 Å². The van der Waals surface area contributed by atoms with Crippen LogP contribution in [0.4, 0.5) is 0 Å². The Morgan fingerprint density at radius 2 is 2.26 bits per heavy atom. The summed E-state index contributed by atoms with van der Waals surface area (Å²) in [6.07, 6.45) is 4.34. The van der Waals surface area contributed by atoms with Crippen LogP contribution < -0.4 is 10.5 Å². The van der Waals surface area contributed by atoms with Crippen LogP contribution in [0.2, 0.25) is 5.02 Å². The summed E-state index contributed by atoms with van der Waals surface area (Å²) in [6.45, 7) is 2.85. The normalized spacial score (nSPS) is 27.1. The Kier molecular flexibility index (Phi) is 3.70. The average Bonchev–Trinajstić information content (AvgIpc) is 2.97. The van der Waals surface area contributed by atoms with Crippen LogP contribution in [0.15, 0.2) is 12.1 Å². The van der Waals surface area contributed by atoms with Gasteiger partial charge in [0.15, 0.2) is 0 Å². The predicted octanol–water partition coefficient (Wildman–Crippen LogP) is 2.71. The number of fused-ring (bicyclic) bond motifs is 1. The van der Waals surface area contributed by atoms with Gasteiger partial charge in [-0.2, -0.15) is 0 Å². The summed E-state index contributed by atoms with van der Waals surface area (Å²) in [5.41, 5.74) is 8.62. The highest BCUT2D eigenvalue weighted by atomic mass is 35.5. The molecule has 0 radical (unpaired) electrons. The lowest BCUT2D eigenvalue weighted by atomic mass is 9.97. The molecule has 1 fully saturated rings. The molecule has 2 aliphatic heterocycles. The van der Waals surface area contributed by atoms with E-state index in [9.17, 15) is 0 Å². The topological polar surface area (TPSA) is 44.5 Å². The second-order valence-corrected chi connectivity index (χ2v) is 6.02. The highest BCUT2D eigenvalue weighted by molar-refractivity contribution is 6.30. The van der Waals surface area contributed by atoms with E-state index in [2.05, 4.69) is 6.92 Å². The highest BCUT2D eigenvalue weighted by Gasteiger charge is 2.29. The fraction of sp³-hybridized carbons (Fsp3) is 0.600. The molecule has 1 aromatic rings. The first-order valence-electron chi connectivity index (χ1n) is 6.98. The van der Waals surface area contributed by atoms with Gasteiger partial charge in [0.1, 0.15) is 5.75 Å². The number of ether oxygens (including phenoxy) is 2. The molecule has 3 unspecified atom stereocenters. The van der Waals surface area contributed by atoms with Gasteiger partial charge in [-0.25, -0.2) is 0 Å². The molecule has 0 bridgehead atoms. The zero-order valence-electron chi connectivity index (χ0n) is 11.2. The van der Waals surface area contributed by atoms with E-state index in [1.165, 1.54) is 5.56 Å². The third kappa shape index (κ3) is 2.73. The molecule has 1 aromatic carbocycles. The molecular weight excluding hydrogens is 262 g/mol. The molecule has 19 heavy (non-hydrogen) atoms. The molecule has 0 aromatic heterocycles. The maximum Gasteiger partial charge on any atom is 0.125 e. The van der Waals surface area contributed by atoms with Crippen LogP contribution in [0.5, 0.6) is 5.75 Å². The van der Waals surface area contributed by atoms with Crippen molar-refractivity contribution < 1.29 is 9.47 Å². The minimum atomic E-state index is 0.0108. The van der Waals surface area contributed by atoms with Gasteiger partial charge in [0.2, 0.25) is 0 Å². The van der Waals surface area contributed by atoms with Crippen LogP contribution in [0.1, 0.15) is 30.9 Å². The van der Waals surface area contributed by atoms with Crippen LogP contribution in [0.3, 0.4) is 0 Å². The van der Waals surface area contributed by atoms with Crippen molar-refractivity contribution in [3.8, 4) is 5.75 Å². The summed E-state index contributed by atoms with van der Waals surface area (Å²) < 4.78 is 11.6. The van der Waals surface area contributed by atoms with Crippen molar-refractivity contribution >= 4 is 11.6 Å². The number of hydrogen-bond donors (Lipinski definition) is 1. The number of rotatable bonds is 3. The summed E-state index contributed by atoms with van der Waals surface area (Å²) in [7, 11) is 0. The van der Waals surface area contributed by atoms with Crippen molar-refractivity contribution in [1.29, 1.82) is 0 Å². The SMILES string of the molecule is CC1CCC(C(N)Cc2cc(Cl)cc3c2OCC3)O1. The van der Waals surface area contributed by atoms with Crippen molar-refractivity contribution in [2.24, 2.45) is 5.73 Å². The first-order chi connectivity index (χ1) is 9.13. The molecule has 0 aliphatic carbocycles. The number of halogens is 1. The van der Waals surface area contributed by atoms with Gasteiger partial charge in [0, 0.05) is 17.5 Å². The van der Waals surface area contributed by atoms with Gasteiger partial charge in [-0.3, -0.25) is 0 Å². The average molecular weight is 282 g/mol. The standard InChI is InChI=1S/C15H20ClNO2/c1-9-2-3-14(19-9)13(17)8-11-7-12(16)6-10-4-5-18-15(10)11/h6-7,9,13-14H,2-5,8,17H2,1H3. The van der Waals surface area contributed by atoms with E-state index in [4.69, 9.17) is 26.8 Å². The fourth-order valence-electron chi connectivity index (χ4n) is 3.03. The van der Waals surface area contributed by atoms with Gasteiger partial charge >= 0.3 is 0 Å². The van der Waals surface area contributed by atoms with Gasteiger partial charge in [-0.1, -0.05) is 11.6 Å². The van der Waals surface area contributed by atoms with E-state index < -0.39 is 0 Å². The number of benzene rings is 1. The Labute approximate surface area is 119 Å². The van der Waals surface area contributed by atoms with Crippen molar-refractivity contribution in [3.05, 3.63) is 28.3 Å². The minimum absolute atomic E-state index is 0.0108. The minimum Gasteiger partial charge on any atom is -0.493 e.